The number of carbonyl (C=O) groups is 2. The van der Waals surface area contributed by atoms with Crippen molar-refractivity contribution in [3.8, 4) is 22.5 Å². The van der Waals surface area contributed by atoms with Gasteiger partial charge in [-0.05, 0) is 12.5 Å². The zero-order valence-electron chi connectivity index (χ0n) is 16.5. The fourth-order valence-electron chi connectivity index (χ4n) is 3.40. The first-order valence-electron chi connectivity index (χ1n) is 9.75. The molecule has 3 aromatic carbocycles. The second-order valence-electron chi connectivity index (χ2n) is 6.66. The van der Waals surface area contributed by atoms with Crippen LogP contribution in [0, 0.1) is 0 Å². The molecule has 0 aliphatic heterocycles. The summed E-state index contributed by atoms with van der Waals surface area (Å²) in [5, 5.41) is 0. The van der Waals surface area contributed by atoms with Crippen LogP contribution in [-0.4, -0.2) is 18.4 Å². The van der Waals surface area contributed by atoms with Crippen LogP contribution in [0.5, 0.6) is 0 Å². The molecule has 0 atom stereocenters. The maximum absolute atomic E-state index is 13.6. The van der Waals surface area contributed by atoms with E-state index in [4.69, 9.17) is 9.15 Å². The average molecular weight is 396 g/mol. The van der Waals surface area contributed by atoms with Gasteiger partial charge >= 0.3 is 5.97 Å². The highest BCUT2D eigenvalue weighted by Crippen LogP contribution is 2.39. The van der Waals surface area contributed by atoms with E-state index in [9.17, 15) is 9.59 Å². The summed E-state index contributed by atoms with van der Waals surface area (Å²) in [6.45, 7) is 1.94. The van der Waals surface area contributed by atoms with Gasteiger partial charge in [0, 0.05) is 16.7 Å². The number of hydrogen-bond donors (Lipinski definition) is 0. The molecule has 0 aliphatic rings. The highest BCUT2D eigenvalue weighted by Gasteiger charge is 2.31. The number of ketones is 1. The molecule has 0 saturated carbocycles. The van der Waals surface area contributed by atoms with Crippen LogP contribution < -0.4 is 0 Å². The van der Waals surface area contributed by atoms with Gasteiger partial charge in [-0.2, -0.15) is 0 Å². The molecule has 0 aliphatic carbocycles. The van der Waals surface area contributed by atoms with Gasteiger partial charge in [-0.1, -0.05) is 91.0 Å². The van der Waals surface area contributed by atoms with Gasteiger partial charge in [0.15, 0.2) is 5.78 Å². The lowest BCUT2D eigenvalue weighted by molar-refractivity contribution is 0.0492. The predicted octanol–water partition coefficient (Wildman–Crippen LogP) is 6.02. The van der Waals surface area contributed by atoms with E-state index < -0.39 is 5.97 Å². The number of benzene rings is 3. The van der Waals surface area contributed by atoms with Gasteiger partial charge < -0.3 is 9.15 Å². The first-order chi connectivity index (χ1) is 14.7. The first-order valence-corrected chi connectivity index (χ1v) is 9.75. The topological polar surface area (TPSA) is 56.5 Å². The van der Waals surface area contributed by atoms with Crippen molar-refractivity contribution in [3.63, 3.8) is 0 Å². The van der Waals surface area contributed by atoms with Gasteiger partial charge in [0.1, 0.15) is 5.76 Å². The molecule has 0 fully saturated rings. The van der Waals surface area contributed by atoms with Crippen molar-refractivity contribution < 1.29 is 18.7 Å². The summed E-state index contributed by atoms with van der Waals surface area (Å²) >= 11 is 0. The first kappa shape index (κ1) is 19.4. The monoisotopic (exact) mass is 396 g/mol. The Morgan fingerprint density at radius 2 is 1.30 bits per heavy atom. The molecule has 4 heteroatoms. The molecule has 0 unspecified atom stereocenters. The van der Waals surface area contributed by atoms with E-state index in [1.807, 2.05) is 78.9 Å². The fraction of sp³-hybridized carbons (Fsp3) is 0.0769. The Hall–Kier alpha value is -3.92. The van der Waals surface area contributed by atoms with Crippen LogP contribution in [0.1, 0.15) is 33.4 Å². The molecule has 4 nitrogen and oxygen atoms in total. The number of esters is 1. The summed E-state index contributed by atoms with van der Waals surface area (Å²) in [4.78, 5) is 26.4. The van der Waals surface area contributed by atoms with Gasteiger partial charge in [-0.3, -0.25) is 4.79 Å². The minimum absolute atomic E-state index is 0.0289. The van der Waals surface area contributed by atoms with Crippen molar-refractivity contribution in [2.45, 2.75) is 6.92 Å². The van der Waals surface area contributed by atoms with Crippen molar-refractivity contribution in [2.75, 3.05) is 6.61 Å². The molecule has 0 amide bonds. The Kier molecular flexibility index (Phi) is 5.57. The lowest BCUT2D eigenvalue weighted by Gasteiger charge is -2.07. The van der Waals surface area contributed by atoms with Crippen LogP contribution >= 0.6 is 0 Å². The SMILES string of the molecule is CCOC(=O)c1oc(-c2ccccc2)c(C(=O)c2ccccc2)c1-c1ccccc1. The van der Waals surface area contributed by atoms with Crippen molar-refractivity contribution in [1.82, 2.24) is 0 Å². The standard InChI is InChI=1S/C26H20O4/c1-2-29-26(28)25-21(18-12-6-3-7-13-18)22(23(27)19-14-8-4-9-15-19)24(30-25)20-16-10-5-11-17-20/h3-17H,2H2,1H3. The van der Waals surface area contributed by atoms with E-state index in [2.05, 4.69) is 0 Å². The Bertz CT molecular complexity index is 1160. The van der Waals surface area contributed by atoms with Crippen LogP contribution in [0.2, 0.25) is 0 Å². The van der Waals surface area contributed by atoms with E-state index in [0.717, 1.165) is 0 Å². The molecule has 148 valence electrons. The van der Waals surface area contributed by atoms with E-state index in [0.29, 0.717) is 33.6 Å². The molecule has 30 heavy (non-hydrogen) atoms. The van der Waals surface area contributed by atoms with E-state index in [1.54, 1.807) is 19.1 Å². The maximum atomic E-state index is 13.6. The van der Waals surface area contributed by atoms with Crippen LogP contribution in [-0.2, 0) is 4.74 Å². The van der Waals surface area contributed by atoms with Gasteiger partial charge in [-0.15, -0.1) is 0 Å². The maximum Gasteiger partial charge on any atom is 0.374 e. The summed E-state index contributed by atoms with van der Waals surface area (Å²) in [7, 11) is 0. The zero-order valence-corrected chi connectivity index (χ0v) is 16.5. The molecule has 1 heterocycles. The lowest BCUT2D eigenvalue weighted by atomic mass is 9.92. The minimum atomic E-state index is -0.597. The molecule has 0 N–H and O–H groups in total. The normalized spacial score (nSPS) is 10.6. The van der Waals surface area contributed by atoms with E-state index in [1.165, 1.54) is 0 Å². The molecular formula is C26H20O4. The number of hydrogen-bond acceptors (Lipinski definition) is 4. The average Bonchev–Trinajstić information content (AvgIpc) is 3.21. The Balaban J connectivity index is 2.04. The quantitative estimate of drug-likeness (QED) is 0.295. The van der Waals surface area contributed by atoms with E-state index >= 15 is 0 Å². The second-order valence-corrected chi connectivity index (χ2v) is 6.66. The molecule has 4 rings (SSSR count). The summed E-state index contributed by atoms with van der Waals surface area (Å²) in [5.41, 5.74) is 2.74. The number of furan rings is 1. The largest absolute Gasteiger partial charge is 0.460 e. The molecular weight excluding hydrogens is 376 g/mol. The van der Waals surface area contributed by atoms with Crippen molar-refractivity contribution in [3.05, 3.63) is 108 Å². The van der Waals surface area contributed by atoms with Gasteiger partial charge in [0.25, 0.3) is 0 Å². The van der Waals surface area contributed by atoms with Gasteiger partial charge in [-0.25, -0.2) is 4.79 Å². The lowest BCUT2D eigenvalue weighted by Crippen LogP contribution is -2.07. The molecule has 0 saturated heterocycles. The van der Waals surface area contributed by atoms with Crippen molar-refractivity contribution in [1.29, 1.82) is 0 Å². The Morgan fingerprint density at radius 1 is 0.767 bits per heavy atom. The van der Waals surface area contributed by atoms with Crippen molar-refractivity contribution in [2.24, 2.45) is 0 Å². The van der Waals surface area contributed by atoms with Crippen LogP contribution in [0.25, 0.3) is 22.5 Å². The second kappa shape index (κ2) is 8.62. The Morgan fingerprint density at radius 3 is 1.87 bits per heavy atom. The third-order valence-electron chi connectivity index (χ3n) is 4.73. The summed E-state index contributed by atoms with van der Waals surface area (Å²) in [6, 6.07) is 27.6. The number of carbonyl (C=O) groups excluding carboxylic acids is 2. The molecule has 4 aromatic rings. The molecule has 0 spiro atoms. The van der Waals surface area contributed by atoms with Crippen LogP contribution in [0.15, 0.2) is 95.4 Å². The zero-order chi connectivity index (χ0) is 20.9. The Labute approximate surface area is 174 Å². The minimum Gasteiger partial charge on any atom is -0.460 e. The molecule has 0 radical (unpaired) electrons. The highest BCUT2D eigenvalue weighted by molar-refractivity contribution is 6.18. The number of ether oxygens (including phenoxy) is 1. The third-order valence-corrected chi connectivity index (χ3v) is 4.73. The third kappa shape index (κ3) is 3.67. The van der Waals surface area contributed by atoms with Crippen LogP contribution in [0.4, 0.5) is 0 Å². The highest BCUT2D eigenvalue weighted by atomic mass is 16.5. The smallest absolute Gasteiger partial charge is 0.374 e. The molecule has 1 aromatic heterocycles. The number of rotatable bonds is 6. The van der Waals surface area contributed by atoms with Gasteiger partial charge in [0.2, 0.25) is 5.76 Å². The van der Waals surface area contributed by atoms with Crippen molar-refractivity contribution >= 4 is 11.8 Å². The predicted molar refractivity (Wildman–Crippen MR) is 115 cm³/mol. The van der Waals surface area contributed by atoms with Gasteiger partial charge in [0.05, 0.1) is 12.2 Å². The summed E-state index contributed by atoms with van der Waals surface area (Å²) in [6.07, 6.45) is 0. The summed E-state index contributed by atoms with van der Waals surface area (Å²) < 4.78 is 11.3. The molecule has 0 bridgehead atoms. The van der Waals surface area contributed by atoms with Crippen LogP contribution in [0.3, 0.4) is 0 Å². The van der Waals surface area contributed by atoms with E-state index in [-0.39, 0.29) is 18.2 Å². The fourth-order valence-corrected chi connectivity index (χ4v) is 3.40. The summed E-state index contributed by atoms with van der Waals surface area (Å²) in [5.74, 6) is -0.430.